The number of hydrogen-bond acceptors (Lipinski definition) is 5. The number of benzene rings is 5. The molecule has 6 rings (SSSR count). The van der Waals surface area contributed by atoms with Gasteiger partial charge in [-0.05, 0) is 129 Å². The fourth-order valence-corrected chi connectivity index (χ4v) is 6.28. The summed E-state index contributed by atoms with van der Waals surface area (Å²) >= 11 is 0. The second-order valence-electron chi connectivity index (χ2n) is 13.5. The molecule has 244 valence electrons. The molecule has 0 fully saturated rings. The van der Waals surface area contributed by atoms with Crippen molar-refractivity contribution in [3.8, 4) is 33.8 Å². The largest absolute Gasteiger partial charge is 0.456 e. The van der Waals surface area contributed by atoms with Gasteiger partial charge in [-0.25, -0.2) is 4.79 Å². The predicted molar refractivity (Wildman–Crippen MR) is 191 cm³/mol. The van der Waals surface area contributed by atoms with Gasteiger partial charge in [0.15, 0.2) is 11.5 Å². The van der Waals surface area contributed by atoms with E-state index in [9.17, 15) is 9.59 Å². The van der Waals surface area contributed by atoms with Gasteiger partial charge in [0.1, 0.15) is 5.60 Å². The monoisotopic (exact) mass is 639 g/mol. The molecule has 5 aromatic rings. The van der Waals surface area contributed by atoms with Crippen molar-refractivity contribution in [3.05, 3.63) is 137 Å². The van der Waals surface area contributed by atoms with Crippen LogP contribution in [0.5, 0.6) is 11.5 Å². The molecule has 6 heteroatoms. The Hall–Kier alpha value is -5.36. The number of amides is 1. The van der Waals surface area contributed by atoms with Gasteiger partial charge in [0.05, 0.1) is 11.5 Å². The van der Waals surface area contributed by atoms with Crippen molar-refractivity contribution in [2.24, 2.45) is 0 Å². The summed E-state index contributed by atoms with van der Waals surface area (Å²) in [4.78, 5) is 26.6. The van der Waals surface area contributed by atoms with Crippen LogP contribution in [0.2, 0.25) is 0 Å². The summed E-state index contributed by atoms with van der Waals surface area (Å²) in [6.45, 7) is 12.1. The van der Waals surface area contributed by atoms with Gasteiger partial charge in [-0.2, -0.15) is 0 Å². The lowest BCUT2D eigenvalue weighted by atomic mass is 9.89. The number of ether oxygens (including phenoxy) is 3. The third-order valence-corrected chi connectivity index (χ3v) is 8.48. The molecular weight excluding hydrogens is 598 g/mol. The summed E-state index contributed by atoms with van der Waals surface area (Å²) in [5.41, 5.74) is 10.5. The van der Waals surface area contributed by atoms with Crippen LogP contribution in [-0.2, 0) is 16.0 Å². The van der Waals surface area contributed by atoms with Crippen molar-refractivity contribution in [1.82, 2.24) is 0 Å². The Morgan fingerprint density at radius 3 is 1.98 bits per heavy atom. The van der Waals surface area contributed by atoms with Crippen LogP contribution in [0.15, 0.2) is 103 Å². The first kappa shape index (κ1) is 32.6. The smallest absolute Gasteiger partial charge is 0.338 e. The third kappa shape index (κ3) is 7.44. The number of anilines is 1. The van der Waals surface area contributed by atoms with Crippen molar-refractivity contribution in [2.75, 3.05) is 12.1 Å². The quantitative estimate of drug-likeness (QED) is 0.171. The highest BCUT2D eigenvalue weighted by atomic mass is 16.7. The van der Waals surface area contributed by atoms with Crippen LogP contribution in [0, 0.1) is 20.8 Å². The first-order chi connectivity index (χ1) is 22.9. The minimum absolute atomic E-state index is 0.113. The molecule has 0 spiro atoms. The zero-order chi connectivity index (χ0) is 34.0. The molecule has 1 heterocycles. The Morgan fingerprint density at radius 2 is 1.33 bits per heavy atom. The lowest BCUT2D eigenvalue weighted by Gasteiger charge is -2.20. The summed E-state index contributed by atoms with van der Waals surface area (Å²) in [5.74, 6) is 0.494. The third-order valence-electron chi connectivity index (χ3n) is 8.48. The average molecular weight is 640 g/mol. The van der Waals surface area contributed by atoms with E-state index in [1.165, 1.54) is 22.3 Å². The van der Waals surface area contributed by atoms with E-state index in [0.29, 0.717) is 12.0 Å². The minimum atomic E-state index is -0.582. The molecule has 1 amide bonds. The molecule has 1 aliphatic heterocycles. The van der Waals surface area contributed by atoms with E-state index in [0.717, 1.165) is 45.0 Å². The summed E-state index contributed by atoms with van der Waals surface area (Å²) in [5, 5.41) is 3.16. The summed E-state index contributed by atoms with van der Waals surface area (Å²) < 4.78 is 16.6. The number of esters is 1. The lowest BCUT2D eigenvalue weighted by Crippen LogP contribution is -2.24. The summed E-state index contributed by atoms with van der Waals surface area (Å²) in [6.07, 6.45) is 0.448. The van der Waals surface area contributed by atoms with Crippen molar-refractivity contribution in [2.45, 2.75) is 59.5 Å². The van der Waals surface area contributed by atoms with E-state index in [1.54, 1.807) is 12.1 Å². The highest BCUT2D eigenvalue weighted by Gasteiger charge is 2.23. The number of aryl methyl sites for hydroxylation is 3. The minimum Gasteiger partial charge on any atom is -0.456 e. The van der Waals surface area contributed by atoms with E-state index < -0.39 is 11.5 Å². The van der Waals surface area contributed by atoms with Crippen LogP contribution >= 0.6 is 0 Å². The van der Waals surface area contributed by atoms with E-state index >= 15 is 0 Å². The lowest BCUT2D eigenvalue weighted by molar-refractivity contribution is -0.117. The van der Waals surface area contributed by atoms with Crippen molar-refractivity contribution < 1.29 is 23.8 Å². The van der Waals surface area contributed by atoms with Crippen LogP contribution in [0.4, 0.5) is 5.69 Å². The first-order valence-corrected chi connectivity index (χ1v) is 16.2. The van der Waals surface area contributed by atoms with Gasteiger partial charge in [0.25, 0.3) is 0 Å². The maximum absolute atomic E-state index is 14.0. The molecule has 5 aromatic carbocycles. The maximum Gasteiger partial charge on any atom is 0.338 e. The van der Waals surface area contributed by atoms with Crippen LogP contribution in [-0.4, -0.2) is 24.3 Å². The van der Waals surface area contributed by atoms with Gasteiger partial charge >= 0.3 is 5.97 Å². The molecule has 0 unspecified atom stereocenters. The van der Waals surface area contributed by atoms with Crippen LogP contribution in [0.3, 0.4) is 0 Å². The number of hydrogen-bond donors (Lipinski definition) is 1. The van der Waals surface area contributed by atoms with Gasteiger partial charge in [-0.15, -0.1) is 0 Å². The average Bonchev–Trinajstić information content (AvgIpc) is 3.52. The molecular formula is C42H41NO5. The van der Waals surface area contributed by atoms with Gasteiger partial charge < -0.3 is 19.5 Å². The molecule has 48 heavy (non-hydrogen) atoms. The van der Waals surface area contributed by atoms with E-state index in [1.807, 2.05) is 87.5 Å². The predicted octanol–water partition coefficient (Wildman–Crippen LogP) is 9.59. The number of fused-ring (bicyclic) bond motifs is 1. The van der Waals surface area contributed by atoms with Gasteiger partial charge in [-0.1, -0.05) is 72.3 Å². The molecule has 1 atom stereocenters. The fraction of sp³-hybridized carbons (Fsp3) is 0.238. The Kier molecular flexibility index (Phi) is 9.09. The topological polar surface area (TPSA) is 73.9 Å². The maximum atomic E-state index is 14.0. The fourth-order valence-electron chi connectivity index (χ4n) is 6.28. The second-order valence-corrected chi connectivity index (χ2v) is 13.5. The molecule has 1 N–H and O–H groups in total. The molecule has 0 saturated carbocycles. The molecule has 0 aromatic heterocycles. The Labute approximate surface area is 282 Å². The van der Waals surface area contributed by atoms with Crippen LogP contribution < -0.4 is 14.8 Å². The Bertz CT molecular complexity index is 1930. The number of nitrogens with one attached hydrogen (secondary N) is 1. The van der Waals surface area contributed by atoms with E-state index in [4.69, 9.17) is 14.2 Å². The molecule has 0 bridgehead atoms. The standard InChI is InChI=1S/C42H41NO5/c1-26-21-27(2)39(28(3)22-26)32-15-18-35(19-16-32)43-40(44)36(23-29-7-9-33(10-8-29)41(45)48-42(4,5)6)31-13-11-30(12-14-31)34-17-20-37-38(24-34)47-25-46-37/h7-22,24,36H,23,25H2,1-6H3,(H,43,44)/t36-/m1/s1. The highest BCUT2D eigenvalue weighted by molar-refractivity contribution is 5.96. The summed E-state index contributed by atoms with van der Waals surface area (Å²) in [7, 11) is 0. The highest BCUT2D eigenvalue weighted by Crippen LogP contribution is 2.37. The van der Waals surface area contributed by atoms with Crippen molar-refractivity contribution in [1.29, 1.82) is 0 Å². The molecule has 0 aliphatic carbocycles. The SMILES string of the molecule is Cc1cc(C)c(-c2ccc(NC(=O)[C@H](Cc3ccc(C(=O)OC(C)(C)C)cc3)c3ccc(-c4ccc5c(c4)OCO5)cc3)cc2)c(C)c1. The van der Waals surface area contributed by atoms with Crippen molar-refractivity contribution >= 4 is 17.6 Å². The number of carbonyl (C=O) groups is 2. The van der Waals surface area contributed by atoms with Crippen LogP contribution in [0.25, 0.3) is 22.3 Å². The van der Waals surface area contributed by atoms with Gasteiger partial charge in [0.2, 0.25) is 12.7 Å². The summed E-state index contributed by atoms with van der Waals surface area (Å²) in [6, 6.07) is 33.7. The second kappa shape index (κ2) is 13.4. The molecule has 0 saturated heterocycles. The van der Waals surface area contributed by atoms with E-state index in [-0.39, 0.29) is 18.7 Å². The molecule has 0 radical (unpaired) electrons. The van der Waals surface area contributed by atoms with Crippen molar-refractivity contribution in [3.63, 3.8) is 0 Å². The van der Waals surface area contributed by atoms with Gasteiger partial charge in [0, 0.05) is 5.69 Å². The Morgan fingerprint density at radius 1 is 0.729 bits per heavy atom. The molecule has 1 aliphatic rings. The van der Waals surface area contributed by atoms with E-state index in [2.05, 4.69) is 50.4 Å². The number of carbonyl (C=O) groups excluding carboxylic acids is 2. The normalized spacial score (nSPS) is 12.8. The first-order valence-electron chi connectivity index (χ1n) is 16.2. The zero-order valence-corrected chi connectivity index (χ0v) is 28.3. The van der Waals surface area contributed by atoms with Gasteiger partial charge in [-0.3, -0.25) is 4.79 Å². The zero-order valence-electron chi connectivity index (χ0n) is 28.3. The van der Waals surface area contributed by atoms with Crippen LogP contribution in [0.1, 0.15) is 64.9 Å². The molecule has 6 nitrogen and oxygen atoms in total. The Balaban J connectivity index is 1.25. The number of rotatable bonds is 8.